The van der Waals surface area contributed by atoms with Gasteiger partial charge in [-0.2, -0.15) is 0 Å². The van der Waals surface area contributed by atoms with E-state index < -0.39 is 11.6 Å². The van der Waals surface area contributed by atoms with Gasteiger partial charge in [-0.1, -0.05) is 37.1 Å². The molecule has 1 fully saturated rings. The van der Waals surface area contributed by atoms with Gasteiger partial charge in [-0.15, -0.1) is 0 Å². The Morgan fingerprint density at radius 1 is 1.17 bits per heavy atom. The third-order valence-electron chi connectivity index (χ3n) is 4.64. The first kappa shape index (κ1) is 17.4. The molecule has 0 spiro atoms. The average Bonchev–Trinajstić information content (AvgIpc) is 2.97. The van der Waals surface area contributed by atoms with E-state index in [0.29, 0.717) is 11.1 Å². The van der Waals surface area contributed by atoms with Crippen LogP contribution >= 0.6 is 11.8 Å². The maximum absolute atomic E-state index is 13.8. The van der Waals surface area contributed by atoms with Crippen LogP contribution in [-0.2, 0) is 18.9 Å². The lowest BCUT2D eigenvalue weighted by Crippen LogP contribution is -2.16. The molecule has 0 radical (unpaired) electrons. The fourth-order valence-corrected chi connectivity index (χ4v) is 4.29. The van der Waals surface area contributed by atoms with Crippen molar-refractivity contribution in [2.45, 2.75) is 56.2 Å². The maximum Gasteiger partial charge on any atom is 0.168 e. The number of nitrogens with zero attached hydrogens (tertiary/aromatic N) is 2. The number of aliphatic hydroxyl groups is 1. The maximum atomic E-state index is 13.8. The Hall–Kier alpha value is -1.40. The van der Waals surface area contributed by atoms with Crippen molar-refractivity contribution in [2.24, 2.45) is 5.92 Å². The minimum Gasteiger partial charge on any atom is -0.390 e. The molecule has 1 aromatic carbocycles. The van der Waals surface area contributed by atoms with Crippen molar-refractivity contribution in [3.8, 4) is 0 Å². The van der Waals surface area contributed by atoms with Crippen LogP contribution in [0.25, 0.3) is 0 Å². The van der Waals surface area contributed by atoms with Crippen molar-refractivity contribution >= 4 is 11.8 Å². The largest absolute Gasteiger partial charge is 0.390 e. The van der Waals surface area contributed by atoms with E-state index in [0.717, 1.165) is 12.2 Å². The van der Waals surface area contributed by atoms with Crippen LogP contribution in [0.3, 0.4) is 0 Å². The lowest BCUT2D eigenvalue weighted by molar-refractivity contribution is 0.255. The standard InChI is InChI=1S/C18H22F2N2OS/c19-16-7-4-8-17(20)15(16)12-24-18-21-9-14(11-23)22(18)10-13-5-2-1-3-6-13/h4,7-9,13,23H,1-3,5-6,10-12H2. The van der Waals surface area contributed by atoms with Crippen molar-refractivity contribution in [2.75, 3.05) is 0 Å². The van der Waals surface area contributed by atoms with E-state index in [4.69, 9.17) is 0 Å². The molecule has 0 aliphatic heterocycles. The van der Waals surface area contributed by atoms with Gasteiger partial charge in [-0.25, -0.2) is 13.8 Å². The summed E-state index contributed by atoms with van der Waals surface area (Å²) in [5.74, 6) is -0.293. The molecule has 1 aromatic heterocycles. The lowest BCUT2D eigenvalue weighted by atomic mass is 9.89. The SMILES string of the molecule is OCc1cnc(SCc2c(F)cccc2F)n1CC1CCCCC1. The zero-order valence-corrected chi connectivity index (χ0v) is 14.4. The molecule has 1 N–H and O–H groups in total. The first-order valence-electron chi connectivity index (χ1n) is 8.40. The van der Waals surface area contributed by atoms with Crippen molar-refractivity contribution in [3.63, 3.8) is 0 Å². The highest BCUT2D eigenvalue weighted by Crippen LogP contribution is 2.30. The second kappa shape index (κ2) is 8.12. The molecule has 1 aliphatic carbocycles. The van der Waals surface area contributed by atoms with Crippen molar-refractivity contribution in [1.29, 1.82) is 0 Å². The van der Waals surface area contributed by atoms with Gasteiger partial charge in [0.05, 0.1) is 18.5 Å². The smallest absolute Gasteiger partial charge is 0.168 e. The first-order valence-corrected chi connectivity index (χ1v) is 9.38. The number of imidazole rings is 1. The summed E-state index contributed by atoms with van der Waals surface area (Å²) in [6.45, 7) is 0.742. The number of aromatic nitrogens is 2. The number of hydrogen-bond acceptors (Lipinski definition) is 3. The lowest BCUT2D eigenvalue weighted by Gasteiger charge is -2.23. The molecule has 0 amide bonds. The van der Waals surface area contributed by atoms with Gasteiger partial charge in [0.15, 0.2) is 5.16 Å². The summed E-state index contributed by atoms with van der Waals surface area (Å²) in [5.41, 5.74) is 0.831. The van der Waals surface area contributed by atoms with E-state index in [1.807, 2.05) is 4.57 Å². The highest BCUT2D eigenvalue weighted by atomic mass is 32.2. The van der Waals surface area contributed by atoms with Crippen LogP contribution in [0.15, 0.2) is 29.6 Å². The molecule has 24 heavy (non-hydrogen) atoms. The summed E-state index contributed by atoms with van der Waals surface area (Å²) in [7, 11) is 0. The molecule has 6 heteroatoms. The van der Waals surface area contributed by atoms with Crippen LogP contribution in [0.1, 0.15) is 43.4 Å². The Morgan fingerprint density at radius 2 is 1.88 bits per heavy atom. The van der Waals surface area contributed by atoms with E-state index in [2.05, 4.69) is 4.98 Å². The number of rotatable bonds is 6. The fraction of sp³-hybridized carbons (Fsp3) is 0.500. The number of aliphatic hydroxyl groups excluding tert-OH is 1. The normalized spacial score (nSPS) is 15.8. The van der Waals surface area contributed by atoms with E-state index in [-0.39, 0.29) is 17.9 Å². The van der Waals surface area contributed by atoms with Crippen molar-refractivity contribution in [3.05, 3.63) is 47.3 Å². The van der Waals surface area contributed by atoms with E-state index in [1.54, 1.807) is 6.20 Å². The van der Waals surface area contributed by atoms with Gasteiger partial charge in [-0.05, 0) is 30.9 Å². The predicted molar refractivity (Wildman–Crippen MR) is 90.6 cm³/mol. The number of hydrogen-bond donors (Lipinski definition) is 1. The molecule has 3 rings (SSSR count). The minimum absolute atomic E-state index is 0.0697. The second-order valence-corrected chi connectivity index (χ2v) is 7.24. The molecular formula is C18H22F2N2OS. The van der Waals surface area contributed by atoms with Crippen LogP contribution in [0.4, 0.5) is 8.78 Å². The molecule has 0 unspecified atom stereocenters. The van der Waals surface area contributed by atoms with Crippen LogP contribution in [0, 0.1) is 17.6 Å². The average molecular weight is 352 g/mol. The molecule has 0 saturated heterocycles. The second-order valence-electron chi connectivity index (χ2n) is 6.29. The number of thioether (sulfide) groups is 1. The molecule has 1 saturated carbocycles. The van der Waals surface area contributed by atoms with Gasteiger partial charge in [0.2, 0.25) is 0 Å². The fourth-order valence-electron chi connectivity index (χ4n) is 3.26. The van der Waals surface area contributed by atoms with Gasteiger partial charge < -0.3 is 9.67 Å². The van der Waals surface area contributed by atoms with E-state index in [9.17, 15) is 13.9 Å². The van der Waals surface area contributed by atoms with Gasteiger partial charge in [0.25, 0.3) is 0 Å². The van der Waals surface area contributed by atoms with Gasteiger partial charge in [-0.3, -0.25) is 0 Å². The molecule has 0 atom stereocenters. The molecule has 2 aromatic rings. The summed E-state index contributed by atoms with van der Waals surface area (Å²) < 4.78 is 29.6. The molecular weight excluding hydrogens is 330 g/mol. The summed E-state index contributed by atoms with van der Waals surface area (Å²) in [4.78, 5) is 4.35. The summed E-state index contributed by atoms with van der Waals surface area (Å²) >= 11 is 1.31. The Morgan fingerprint density at radius 3 is 2.54 bits per heavy atom. The third-order valence-corrected chi connectivity index (χ3v) is 5.65. The van der Waals surface area contributed by atoms with Gasteiger partial charge in [0.1, 0.15) is 11.6 Å². The number of benzene rings is 1. The molecule has 3 nitrogen and oxygen atoms in total. The highest BCUT2D eigenvalue weighted by molar-refractivity contribution is 7.98. The van der Waals surface area contributed by atoms with Crippen LogP contribution in [0.5, 0.6) is 0 Å². The number of halogens is 2. The van der Waals surface area contributed by atoms with E-state index >= 15 is 0 Å². The van der Waals surface area contributed by atoms with Gasteiger partial charge >= 0.3 is 0 Å². The Labute approximate surface area is 145 Å². The summed E-state index contributed by atoms with van der Waals surface area (Å²) in [6, 6.07) is 3.91. The quantitative estimate of drug-likeness (QED) is 0.777. The Kier molecular flexibility index (Phi) is 5.89. The topological polar surface area (TPSA) is 38.1 Å². The van der Waals surface area contributed by atoms with Crippen LogP contribution in [0.2, 0.25) is 0 Å². The molecule has 0 bridgehead atoms. The predicted octanol–water partition coefficient (Wildman–Crippen LogP) is 4.53. The Balaban J connectivity index is 1.74. The monoisotopic (exact) mass is 352 g/mol. The zero-order chi connectivity index (χ0) is 16.9. The highest BCUT2D eigenvalue weighted by Gasteiger charge is 2.19. The molecule has 1 aliphatic rings. The van der Waals surface area contributed by atoms with Crippen molar-refractivity contribution < 1.29 is 13.9 Å². The third kappa shape index (κ3) is 3.98. The summed E-state index contributed by atoms with van der Waals surface area (Å²) in [6.07, 6.45) is 7.82. The zero-order valence-electron chi connectivity index (χ0n) is 13.5. The van der Waals surface area contributed by atoms with Crippen LogP contribution < -0.4 is 0 Å². The van der Waals surface area contributed by atoms with E-state index in [1.165, 1.54) is 62.1 Å². The first-order chi connectivity index (χ1) is 11.7. The van der Waals surface area contributed by atoms with Crippen LogP contribution in [-0.4, -0.2) is 14.7 Å². The molecule has 130 valence electrons. The minimum atomic E-state index is -0.532. The summed E-state index contributed by atoms with van der Waals surface area (Å²) in [5, 5.41) is 10.3. The van der Waals surface area contributed by atoms with Gasteiger partial charge in [0, 0.05) is 17.9 Å². The van der Waals surface area contributed by atoms with Crippen molar-refractivity contribution in [1.82, 2.24) is 9.55 Å². The molecule has 1 heterocycles. The Bertz CT molecular complexity index is 663.